The van der Waals surface area contributed by atoms with Crippen LogP contribution >= 0.6 is 11.6 Å². The van der Waals surface area contributed by atoms with E-state index in [1.54, 1.807) is 7.05 Å². The Kier molecular flexibility index (Phi) is 7.09. The molecule has 2 aromatic rings. The average molecular weight is 376 g/mol. The number of rotatable bonds is 6. The minimum absolute atomic E-state index is 0.0719. The van der Waals surface area contributed by atoms with Crippen molar-refractivity contribution in [3.8, 4) is 0 Å². The summed E-state index contributed by atoms with van der Waals surface area (Å²) in [5.74, 6) is 0.685. The minimum Gasteiger partial charge on any atom is -0.354 e. The Morgan fingerprint density at radius 2 is 2.00 bits per heavy atom. The van der Waals surface area contributed by atoms with Crippen LogP contribution in [0.15, 0.2) is 41.5 Å². The first-order chi connectivity index (χ1) is 12.4. The van der Waals surface area contributed by atoms with Crippen LogP contribution in [0.1, 0.15) is 21.6 Å². The molecule has 0 aliphatic carbocycles. The molecule has 1 aromatic heterocycles. The standard InChI is InChI=1S/C19H26ClN5O/c1-14-6-5-7-15(10-14)18(26)22-8-9-23-19(21-2)25(4)13-17-11-16(20)12-24(17)3/h5-7,10-12H,8-9,13H2,1-4H3,(H,21,23)(H,22,26). The summed E-state index contributed by atoms with van der Waals surface area (Å²) in [5, 5.41) is 6.88. The summed E-state index contributed by atoms with van der Waals surface area (Å²) < 4.78 is 1.99. The van der Waals surface area contributed by atoms with Gasteiger partial charge in [-0.05, 0) is 25.1 Å². The summed E-state index contributed by atoms with van der Waals surface area (Å²) in [4.78, 5) is 18.4. The number of aliphatic imine (C=N–C) groups is 1. The number of nitrogens with zero attached hydrogens (tertiary/aromatic N) is 3. The van der Waals surface area contributed by atoms with E-state index < -0.39 is 0 Å². The van der Waals surface area contributed by atoms with Gasteiger partial charge in [-0.1, -0.05) is 29.3 Å². The number of nitrogens with one attached hydrogen (secondary N) is 2. The number of guanidine groups is 1. The monoisotopic (exact) mass is 375 g/mol. The van der Waals surface area contributed by atoms with E-state index in [0.717, 1.165) is 22.2 Å². The van der Waals surface area contributed by atoms with Crippen molar-refractivity contribution in [2.24, 2.45) is 12.0 Å². The largest absolute Gasteiger partial charge is 0.354 e. The average Bonchev–Trinajstić information content (AvgIpc) is 2.91. The van der Waals surface area contributed by atoms with Gasteiger partial charge in [-0.3, -0.25) is 9.79 Å². The Balaban J connectivity index is 1.79. The van der Waals surface area contributed by atoms with Gasteiger partial charge in [-0.15, -0.1) is 0 Å². The van der Waals surface area contributed by atoms with Crippen LogP contribution in [-0.4, -0.2) is 48.5 Å². The lowest BCUT2D eigenvalue weighted by molar-refractivity contribution is 0.0954. The molecule has 0 radical (unpaired) electrons. The maximum Gasteiger partial charge on any atom is 0.251 e. The van der Waals surface area contributed by atoms with E-state index >= 15 is 0 Å². The maximum absolute atomic E-state index is 12.1. The topological polar surface area (TPSA) is 61.7 Å². The van der Waals surface area contributed by atoms with E-state index in [1.165, 1.54) is 0 Å². The zero-order valence-corrected chi connectivity index (χ0v) is 16.5. The number of hydrogen-bond acceptors (Lipinski definition) is 2. The van der Waals surface area contributed by atoms with Crippen LogP contribution in [0, 0.1) is 6.92 Å². The highest BCUT2D eigenvalue weighted by molar-refractivity contribution is 6.30. The number of benzene rings is 1. The van der Waals surface area contributed by atoms with Crippen molar-refractivity contribution in [1.82, 2.24) is 20.1 Å². The highest BCUT2D eigenvalue weighted by Gasteiger charge is 2.10. The fourth-order valence-corrected chi connectivity index (χ4v) is 2.94. The van der Waals surface area contributed by atoms with E-state index in [0.29, 0.717) is 25.2 Å². The molecular weight excluding hydrogens is 350 g/mol. The number of aryl methyl sites for hydroxylation is 2. The van der Waals surface area contributed by atoms with Crippen molar-refractivity contribution in [2.45, 2.75) is 13.5 Å². The van der Waals surface area contributed by atoms with Crippen LogP contribution in [0.4, 0.5) is 0 Å². The van der Waals surface area contributed by atoms with Crippen LogP contribution in [0.3, 0.4) is 0 Å². The van der Waals surface area contributed by atoms with Gasteiger partial charge in [0.05, 0.1) is 11.6 Å². The predicted molar refractivity (Wildman–Crippen MR) is 107 cm³/mol. The molecule has 2 N–H and O–H groups in total. The molecule has 1 aromatic carbocycles. The summed E-state index contributed by atoms with van der Waals surface area (Å²) in [5.41, 5.74) is 2.83. The minimum atomic E-state index is -0.0719. The molecule has 2 rings (SSSR count). The maximum atomic E-state index is 12.1. The van der Waals surface area contributed by atoms with Gasteiger partial charge < -0.3 is 20.1 Å². The van der Waals surface area contributed by atoms with E-state index in [-0.39, 0.29) is 5.91 Å². The SMILES string of the molecule is CN=C(NCCNC(=O)c1cccc(C)c1)N(C)Cc1cc(Cl)cn1C. The lowest BCUT2D eigenvalue weighted by Gasteiger charge is -2.22. The molecule has 0 aliphatic heterocycles. The third-order valence-electron chi connectivity index (χ3n) is 4.02. The second kappa shape index (κ2) is 9.29. The first kappa shape index (κ1) is 19.8. The second-order valence-corrected chi connectivity index (χ2v) is 6.65. The van der Waals surface area contributed by atoms with E-state index in [4.69, 9.17) is 11.6 Å². The fraction of sp³-hybridized carbons (Fsp3) is 0.368. The molecule has 1 heterocycles. The molecule has 140 valence electrons. The fourth-order valence-electron chi connectivity index (χ4n) is 2.66. The number of hydrogen-bond donors (Lipinski definition) is 2. The summed E-state index contributed by atoms with van der Waals surface area (Å²) in [6.45, 7) is 3.74. The van der Waals surface area contributed by atoms with E-state index in [9.17, 15) is 4.79 Å². The summed E-state index contributed by atoms with van der Waals surface area (Å²) in [6, 6.07) is 9.48. The summed E-state index contributed by atoms with van der Waals surface area (Å²) in [6.07, 6.45) is 1.88. The molecule has 0 saturated heterocycles. The third kappa shape index (κ3) is 5.52. The Morgan fingerprint density at radius 1 is 1.27 bits per heavy atom. The molecule has 0 fully saturated rings. The van der Waals surface area contributed by atoms with Crippen molar-refractivity contribution in [3.05, 3.63) is 58.4 Å². The highest BCUT2D eigenvalue weighted by Crippen LogP contribution is 2.14. The van der Waals surface area contributed by atoms with Crippen LogP contribution in [-0.2, 0) is 13.6 Å². The Morgan fingerprint density at radius 3 is 2.62 bits per heavy atom. The molecule has 0 bridgehead atoms. The van der Waals surface area contributed by atoms with Crippen molar-refractivity contribution >= 4 is 23.5 Å². The quantitative estimate of drug-likeness (QED) is 0.463. The molecule has 0 atom stereocenters. The van der Waals surface area contributed by atoms with Crippen molar-refractivity contribution in [1.29, 1.82) is 0 Å². The number of carbonyl (C=O) groups is 1. The number of carbonyl (C=O) groups excluding carboxylic acids is 1. The van der Waals surface area contributed by atoms with Crippen molar-refractivity contribution in [3.63, 3.8) is 0 Å². The number of amides is 1. The van der Waals surface area contributed by atoms with Gasteiger partial charge in [0.2, 0.25) is 0 Å². The zero-order chi connectivity index (χ0) is 19.1. The molecule has 0 aliphatic rings. The van der Waals surface area contributed by atoms with Crippen LogP contribution in [0.25, 0.3) is 0 Å². The van der Waals surface area contributed by atoms with Gasteiger partial charge in [-0.2, -0.15) is 0 Å². The van der Waals surface area contributed by atoms with E-state index in [2.05, 4.69) is 15.6 Å². The normalized spacial score (nSPS) is 11.3. The Labute approximate surface area is 159 Å². The molecule has 0 spiro atoms. The van der Waals surface area contributed by atoms with Gasteiger partial charge in [-0.25, -0.2) is 0 Å². The third-order valence-corrected chi connectivity index (χ3v) is 4.23. The number of aromatic nitrogens is 1. The highest BCUT2D eigenvalue weighted by atomic mass is 35.5. The number of halogens is 1. The molecule has 0 saturated carbocycles. The van der Waals surface area contributed by atoms with Crippen molar-refractivity contribution in [2.75, 3.05) is 27.2 Å². The van der Waals surface area contributed by atoms with Gasteiger partial charge in [0.25, 0.3) is 5.91 Å². The second-order valence-electron chi connectivity index (χ2n) is 6.22. The summed E-state index contributed by atoms with van der Waals surface area (Å²) >= 11 is 6.03. The first-order valence-electron chi connectivity index (χ1n) is 8.48. The lowest BCUT2D eigenvalue weighted by atomic mass is 10.1. The zero-order valence-electron chi connectivity index (χ0n) is 15.7. The van der Waals surface area contributed by atoms with Gasteiger partial charge in [0, 0.05) is 51.7 Å². The molecule has 26 heavy (non-hydrogen) atoms. The Bertz CT molecular complexity index is 784. The van der Waals surface area contributed by atoms with Crippen LogP contribution < -0.4 is 10.6 Å². The molecule has 6 nitrogen and oxygen atoms in total. The van der Waals surface area contributed by atoms with Crippen molar-refractivity contribution < 1.29 is 4.79 Å². The van der Waals surface area contributed by atoms with Gasteiger partial charge >= 0.3 is 0 Å². The Hall–Kier alpha value is -2.47. The van der Waals surface area contributed by atoms with Gasteiger partial charge in [0.15, 0.2) is 5.96 Å². The molecule has 1 amide bonds. The van der Waals surface area contributed by atoms with Gasteiger partial charge in [0.1, 0.15) is 0 Å². The van der Waals surface area contributed by atoms with Crippen LogP contribution in [0.2, 0.25) is 5.02 Å². The molecule has 0 unspecified atom stereocenters. The molecular formula is C19H26ClN5O. The molecule has 7 heteroatoms. The lowest BCUT2D eigenvalue weighted by Crippen LogP contribution is -2.42. The smallest absolute Gasteiger partial charge is 0.251 e. The summed E-state index contributed by atoms with van der Waals surface area (Å²) in [7, 11) is 5.66. The van der Waals surface area contributed by atoms with Crippen LogP contribution in [0.5, 0.6) is 0 Å². The first-order valence-corrected chi connectivity index (χ1v) is 8.86. The van der Waals surface area contributed by atoms with E-state index in [1.807, 2.05) is 67.0 Å². The predicted octanol–water partition coefficient (Wildman–Crippen LogP) is 2.42.